The third-order valence-electron chi connectivity index (χ3n) is 3.87. The lowest BCUT2D eigenvalue weighted by Gasteiger charge is -2.17. The number of imidazole rings is 1. The van der Waals surface area contributed by atoms with Gasteiger partial charge in [0.1, 0.15) is 24.9 Å². The lowest BCUT2D eigenvalue weighted by atomic mass is 10.1. The molecule has 9 N–H and O–H groups in total. The summed E-state index contributed by atoms with van der Waals surface area (Å²) < 4.78 is 52.0. The maximum Gasteiger partial charge on any atom is 0.708 e. The fraction of sp³-hybridized carbons (Fsp3) is 0.500. The SMILES string of the molecule is Nc1nc2c(nc(N)n2[C@@H]2O[C@H](CO[P+](=O)OP(=O)(O)O[P+](=O)O)[C@@H](O)[C@H]2O)c(=O)[nH]1. The van der Waals surface area contributed by atoms with Crippen molar-refractivity contribution in [3.8, 4) is 0 Å². The lowest BCUT2D eigenvalue weighted by molar-refractivity contribution is -0.0465. The summed E-state index contributed by atoms with van der Waals surface area (Å²) in [6, 6.07) is 0. The number of aliphatic hydroxyl groups is 2. The van der Waals surface area contributed by atoms with Crippen molar-refractivity contribution in [2.75, 3.05) is 18.1 Å². The van der Waals surface area contributed by atoms with Gasteiger partial charge in [-0.1, -0.05) is 0 Å². The molecule has 1 aliphatic rings. The minimum Gasteiger partial charge on any atom is -0.387 e. The minimum absolute atomic E-state index is 0.150. The summed E-state index contributed by atoms with van der Waals surface area (Å²) in [5.41, 5.74) is 10.2. The van der Waals surface area contributed by atoms with Crippen LogP contribution in [0.5, 0.6) is 0 Å². The Morgan fingerprint density at radius 2 is 1.90 bits per heavy atom. The van der Waals surface area contributed by atoms with Crippen molar-refractivity contribution in [2.24, 2.45) is 0 Å². The molecule has 18 nitrogen and oxygen atoms in total. The number of ether oxygens (including phenoxy) is 1. The van der Waals surface area contributed by atoms with Gasteiger partial charge >= 0.3 is 24.3 Å². The maximum absolute atomic E-state index is 11.9. The molecule has 21 heteroatoms. The molecule has 3 unspecified atom stereocenters. The van der Waals surface area contributed by atoms with Crippen LogP contribution in [0.2, 0.25) is 0 Å². The summed E-state index contributed by atoms with van der Waals surface area (Å²) in [6.07, 6.45) is -6.09. The number of anilines is 2. The van der Waals surface area contributed by atoms with Crippen LogP contribution in [0.1, 0.15) is 6.23 Å². The number of nitrogen functional groups attached to an aromatic ring is 2. The molecule has 7 atom stereocenters. The number of nitrogens with two attached hydrogens (primary N) is 2. The molecule has 1 fully saturated rings. The normalized spacial score (nSPS) is 26.7. The zero-order chi connectivity index (χ0) is 23.1. The number of hydrogen-bond acceptors (Lipinski definition) is 14. The summed E-state index contributed by atoms with van der Waals surface area (Å²) >= 11 is 0. The fourth-order valence-corrected chi connectivity index (χ4v) is 4.92. The Morgan fingerprint density at radius 3 is 2.55 bits per heavy atom. The highest BCUT2D eigenvalue weighted by molar-refractivity contribution is 7.61. The molecule has 0 bridgehead atoms. The van der Waals surface area contributed by atoms with Gasteiger partial charge in [-0.3, -0.25) is 19.2 Å². The smallest absolute Gasteiger partial charge is 0.387 e. The molecule has 170 valence electrons. The zero-order valence-corrected chi connectivity index (χ0v) is 17.6. The Hall–Kier alpha value is -1.94. The number of nitrogens with zero attached hydrogens (tertiary/aromatic N) is 3. The van der Waals surface area contributed by atoms with E-state index >= 15 is 0 Å². The van der Waals surface area contributed by atoms with Crippen molar-refractivity contribution < 1.29 is 51.6 Å². The number of hydrogen-bond donors (Lipinski definition) is 7. The molecular weight excluding hydrogens is 489 g/mol. The van der Waals surface area contributed by atoms with Crippen molar-refractivity contribution in [1.82, 2.24) is 19.5 Å². The van der Waals surface area contributed by atoms with Crippen molar-refractivity contribution in [2.45, 2.75) is 24.5 Å². The summed E-state index contributed by atoms with van der Waals surface area (Å²) in [7, 11) is -12.1. The number of aliphatic hydroxyl groups excluding tert-OH is 2. The second kappa shape index (κ2) is 8.90. The van der Waals surface area contributed by atoms with Gasteiger partial charge in [0, 0.05) is 17.8 Å². The van der Waals surface area contributed by atoms with Crippen LogP contribution in [-0.4, -0.2) is 64.4 Å². The van der Waals surface area contributed by atoms with E-state index in [4.69, 9.17) is 26.0 Å². The van der Waals surface area contributed by atoms with Gasteiger partial charge in [0.05, 0.1) is 0 Å². The second-order valence-corrected chi connectivity index (χ2v) is 9.32. The molecule has 0 saturated carbocycles. The van der Waals surface area contributed by atoms with E-state index in [1.165, 1.54) is 0 Å². The Balaban J connectivity index is 1.74. The van der Waals surface area contributed by atoms with Gasteiger partial charge in [0.25, 0.3) is 5.56 Å². The predicted octanol–water partition coefficient (Wildman–Crippen LogP) is -1.64. The highest BCUT2D eigenvalue weighted by atomic mass is 31.3. The van der Waals surface area contributed by atoms with Gasteiger partial charge in [0.15, 0.2) is 17.4 Å². The number of H-pyrrole nitrogens is 1. The minimum atomic E-state index is -5.17. The van der Waals surface area contributed by atoms with Gasteiger partial charge in [-0.25, -0.2) is 9.55 Å². The van der Waals surface area contributed by atoms with Crippen molar-refractivity contribution in [1.29, 1.82) is 0 Å². The average Bonchev–Trinajstić information content (AvgIpc) is 3.09. The quantitative estimate of drug-likeness (QED) is 0.198. The van der Waals surface area contributed by atoms with Crippen LogP contribution in [0.3, 0.4) is 0 Å². The van der Waals surface area contributed by atoms with Crippen molar-refractivity contribution in [3.63, 3.8) is 0 Å². The van der Waals surface area contributed by atoms with E-state index in [1.807, 2.05) is 0 Å². The van der Waals surface area contributed by atoms with Crippen LogP contribution in [0.25, 0.3) is 11.2 Å². The first-order valence-electron chi connectivity index (χ1n) is 7.93. The van der Waals surface area contributed by atoms with E-state index in [9.17, 15) is 28.7 Å². The van der Waals surface area contributed by atoms with Crippen LogP contribution in [0.4, 0.5) is 11.9 Å². The molecule has 0 aliphatic carbocycles. The Bertz CT molecular complexity index is 1140. The first-order valence-corrected chi connectivity index (χ1v) is 11.6. The van der Waals surface area contributed by atoms with Crippen LogP contribution in [0, 0.1) is 0 Å². The molecule has 0 radical (unpaired) electrons. The lowest BCUT2D eigenvalue weighted by Crippen LogP contribution is -2.33. The van der Waals surface area contributed by atoms with E-state index < -0.39 is 61.0 Å². The van der Waals surface area contributed by atoms with Crippen LogP contribution in [0.15, 0.2) is 4.79 Å². The Kier molecular flexibility index (Phi) is 6.81. The highest BCUT2D eigenvalue weighted by Gasteiger charge is 2.49. The molecule has 3 heterocycles. The summed E-state index contributed by atoms with van der Waals surface area (Å²) in [4.78, 5) is 39.4. The van der Waals surface area contributed by atoms with Crippen LogP contribution >= 0.6 is 24.3 Å². The van der Waals surface area contributed by atoms with E-state index in [0.717, 1.165) is 4.57 Å². The third kappa shape index (κ3) is 5.11. The van der Waals surface area contributed by atoms with Gasteiger partial charge in [-0.2, -0.15) is 4.98 Å². The van der Waals surface area contributed by atoms with Gasteiger partial charge in [-0.15, -0.1) is 9.42 Å². The maximum atomic E-state index is 11.9. The molecule has 1 aliphatic heterocycles. The summed E-state index contributed by atoms with van der Waals surface area (Å²) in [5, 5.41) is 20.5. The average molecular weight is 504 g/mol. The highest BCUT2D eigenvalue weighted by Crippen LogP contribution is 2.57. The van der Waals surface area contributed by atoms with Gasteiger partial charge < -0.3 is 26.4 Å². The Labute approximate surface area is 172 Å². The van der Waals surface area contributed by atoms with Crippen molar-refractivity contribution >= 4 is 47.4 Å². The zero-order valence-electron chi connectivity index (χ0n) is 14.9. The van der Waals surface area contributed by atoms with Crippen LogP contribution in [-0.2, 0) is 31.6 Å². The molecule has 0 amide bonds. The molecule has 0 spiro atoms. The van der Waals surface area contributed by atoms with Gasteiger partial charge in [-0.05, 0) is 0 Å². The number of rotatable bonds is 8. The first-order chi connectivity index (χ1) is 14.4. The number of nitrogens with one attached hydrogen (secondary N) is 1. The standard InChI is InChI=1S/C10H13N6O12P3/c11-9-14-6-3(7(19)15-9)13-10(12)16(6)8-5(18)4(17)2(26-8)1-25-30(22)28-31(23,24)27-29(20)21/h2,4-5,8,17-18H,1H2,(H5-2,11,12,13,14,15,19,20,21,23,24)/p+2/t2-,4-,5-,8-/m1/s1. The second-order valence-electron chi connectivity index (χ2n) is 5.90. The topological polar surface area (TPSA) is 285 Å². The van der Waals surface area contributed by atoms with Gasteiger partial charge in [0.2, 0.25) is 11.9 Å². The number of phosphoric acid groups is 1. The third-order valence-corrected chi connectivity index (χ3v) is 6.98. The predicted molar refractivity (Wildman–Crippen MR) is 98.3 cm³/mol. The number of aromatic amines is 1. The molecule has 0 aromatic carbocycles. The summed E-state index contributed by atoms with van der Waals surface area (Å²) in [5.74, 6) is -0.580. The molecule has 31 heavy (non-hydrogen) atoms. The molecule has 3 rings (SSSR count). The number of fused-ring (bicyclic) bond motifs is 1. The van der Waals surface area contributed by atoms with E-state index in [1.54, 1.807) is 0 Å². The van der Waals surface area contributed by atoms with E-state index in [2.05, 4.69) is 28.1 Å². The monoisotopic (exact) mass is 504 g/mol. The van der Waals surface area contributed by atoms with Crippen LogP contribution < -0.4 is 17.0 Å². The number of aromatic nitrogens is 4. The fourth-order valence-electron chi connectivity index (χ4n) is 2.69. The van der Waals surface area contributed by atoms with Crippen molar-refractivity contribution in [3.05, 3.63) is 10.4 Å². The Morgan fingerprint density at radius 1 is 1.23 bits per heavy atom. The van der Waals surface area contributed by atoms with E-state index in [0.29, 0.717) is 0 Å². The molecule has 2 aromatic rings. The molecular formula is C10H15N6O12P3+2. The molecule has 2 aromatic heterocycles. The van der Waals surface area contributed by atoms with E-state index in [-0.39, 0.29) is 23.1 Å². The summed E-state index contributed by atoms with van der Waals surface area (Å²) in [6.45, 7) is -0.738. The molecule has 1 saturated heterocycles. The largest absolute Gasteiger partial charge is 0.708 e. The first kappa shape index (κ1) is 23.7.